The average Bonchev–Trinajstić information content (AvgIpc) is 2.33. The second kappa shape index (κ2) is 10.5. The van der Waals surface area contributed by atoms with Gasteiger partial charge < -0.3 is 14.8 Å². The van der Waals surface area contributed by atoms with Crippen LogP contribution in [0.3, 0.4) is 0 Å². The van der Waals surface area contributed by atoms with Gasteiger partial charge in [0.15, 0.2) is 0 Å². The molecular weight excluding hydrogens is 220 g/mol. The fraction of sp³-hybridized carbons (Fsp3) is 0.917. The van der Waals surface area contributed by atoms with Gasteiger partial charge in [-0.05, 0) is 20.0 Å². The van der Waals surface area contributed by atoms with Crippen LogP contribution in [0.1, 0.15) is 20.8 Å². The summed E-state index contributed by atoms with van der Waals surface area (Å²) in [5, 5.41) is 3.15. The molecule has 0 aliphatic carbocycles. The number of likely N-dealkylation sites (N-methyl/N-ethyl adjacent to an activating group) is 2. The molecule has 0 heterocycles. The van der Waals surface area contributed by atoms with E-state index in [0.29, 0.717) is 19.8 Å². The molecule has 5 heteroatoms. The van der Waals surface area contributed by atoms with Crippen molar-refractivity contribution in [2.24, 2.45) is 0 Å². The third kappa shape index (κ3) is 7.31. The Labute approximate surface area is 104 Å². The standard InChI is InChI=1S/C12H26N2O3/c1-5-13-11(12(15)17-7-3)10-14(6-2)8-9-16-4/h11,13H,5-10H2,1-4H3. The minimum absolute atomic E-state index is 0.176. The smallest absolute Gasteiger partial charge is 0.324 e. The van der Waals surface area contributed by atoms with Gasteiger partial charge in [-0.25, -0.2) is 0 Å². The predicted octanol–water partition coefficient (Wildman–Crippen LogP) is 0.496. The molecule has 0 aromatic rings. The van der Waals surface area contributed by atoms with E-state index in [1.807, 2.05) is 13.8 Å². The van der Waals surface area contributed by atoms with Crippen LogP contribution in [0.2, 0.25) is 0 Å². The third-order valence-electron chi connectivity index (χ3n) is 2.52. The predicted molar refractivity (Wildman–Crippen MR) is 68.1 cm³/mol. The fourth-order valence-electron chi connectivity index (χ4n) is 1.57. The summed E-state index contributed by atoms with van der Waals surface area (Å²) < 4.78 is 10.1. The molecule has 5 nitrogen and oxygen atoms in total. The molecule has 1 unspecified atom stereocenters. The normalized spacial score (nSPS) is 12.8. The minimum atomic E-state index is -0.253. The van der Waals surface area contributed by atoms with Gasteiger partial charge in [0.1, 0.15) is 6.04 Å². The second-order valence-electron chi connectivity index (χ2n) is 3.75. The van der Waals surface area contributed by atoms with Gasteiger partial charge in [0.25, 0.3) is 0 Å². The molecule has 0 aromatic heterocycles. The number of nitrogens with one attached hydrogen (secondary N) is 1. The van der Waals surface area contributed by atoms with Crippen molar-refractivity contribution in [2.45, 2.75) is 26.8 Å². The highest BCUT2D eigenvalue weighted by Gasteiger charge is 2.20. The van der Waals surface area contributed by atoms with Crippen molar-refractivity contribution in [1.29, 1.82) is 0 Å². The Morgan fingerprint density at radius 1 is 1.35 bits per heavy atom. The first-order valence-electron chi connectivity index (χ1n) is 6.30. The van der Waals surface area contributed by atoms with E-state index in [1.165, 1.54) is 0 Å². The van der Waals surface area contributed by atoms with Crippen molar-refractivity contribution in [2.75, 3.05) is 46.5 Å². The van der Waals surface area contributed by atoms with Crippen LogP contribution in [0.25, 0.3) is 0 Å². The van der Waals surface area contributed by atoms with Crippen LogP contribution in [-0.2, 0) is 14.3 Å². The van der Waals surface area contributed by atoms with Gasteiger partial charge in [-0.2, -0.15) is 0 Å². The van der Waals surface area contributed by atoms with Crippen LogP contribution in [0.5, 0.6) is 0 Å². The summed E-state index contributed by atoms with van der Waals surface area (Å²) in [6.45, 7) is 10.1. The summed E-state index contributed by atoms with van der Waals surface area (Å²) in [6.07, 6.45) is 0. The fourth-order valence-corrected chi connectivity index (χ4v) is 1.57. The Kier molecular flexibility index (Phi) is 10.1. The number of methoxy groups -OCH3 is 1. The van der Waals surface area contributed by atoms with Crippen LogP contribution in [-0.4, -0.2) is 63.4 Å². The number of rotatable bonds is 10. The maximum absolute atomic E-state index is 11.7. The molecule has 0 saturated heterocycles. The van der Waals surface area contributed by atoms with Crippen molar-refractivity contribution >= 4 is 5.97 Å². The topological polar surface area (TPSA) is 50.8 Å². The number of carbonyl (C=O) groups excluding carboxylic acids is 1. The molecule has 102 valence electrons. The molecule has 0 bridgehead atoms. The van der Waals surface area contributed by atoms with Gasteiger partial charge in [0.2, 0.25) is 0 Å². The first kappa shape index (κ1) is 16.4. The van der Waals surface area contributed by atoms with E-state index in [2.05, 4.69) is 17.1 Å². The van der Waals surface area contributed by atoms with Crippen LogP contribution in [0.4, 0.5) is 0 Å². The maximum Gasteiger partial charge on any atom is 0.324 e. The van der Waals surface area contributed by atoms with Crippen molar-refractivity contribution in [3.8, 4) is 0 Å². The highest BCUT2D eigenvalue weighted by atomic mass is 16.5. The lowest BCUT2D eigenvalue weighted by Crippen LogP contribution is -2.47. The van der Waals surface area contributed by atoms with E-state index in [-0.39, 0.29) is 12.0 Å². The monoisotopic (exact) mass is 246 g/mol. The SMILES string of the molecule is CCNC(CN(CC)CCOC)C(=O)OCC. The molecule has 0 aliphatic rings. The van der Waals surface area contributed by atoms with E-state index in [0.717, 1.165) is 19.6 Å². The van der Waals surface area contributed by atoms with E-state index in [9.17, 15) is 4.79 Å². The Bertz CT molecular complexity index is 200. The van der Waals surface area contributed by atoms with Gasteiger partial charge in [0.05, 0.1) is 13.2 Å². The van der Waals surface area contributed by atoms with E-state index in [1.54, 1.807) is 7.11 Å². The summed E-state index contributed by atoms with van der Waals surface area (Å²) in [5.74, 6) is -0.176. The maximum atomic E-state index is 11.7. The second-order valence-corrected chi connectivity index (χ2v) is 3.75. The molecule has 0 fully saturated rings. The molecule has 1 N–H and O–H groups in total. The zero-order valence-electron chi connectivity index (χ0n) is 11.5. The van der Waals surface area contributed by atoms with E-state index >= 15 is 0 Å². The van der Waals surface area contributed by atoms with Gasteiger partial charge in [0, 0.05) is 20.2 Å². The molecule has 0 spiro atoms. The van der Waals surface area contributed by atoms with Crippen molar-refractivity contribution in [3.63, 3.8) is 0 Å². The summed E-state index contributed by atoms with van der Waals surface area (Å²) in [6, 6.07) is -0.253. The molecule has 1 atom stereocenters. The lowest BCUT2D eigenvalue weighted by molar-refractivity contribution is -0.146. The lowest BCUT2D eigenvalue weighted by atomic mass is 10.2. The third-order valence-corrected chi connectivity index (χ3v) is 2.52. The summed E-state index contributed by atoms with van der Waals surface area (Å²) in [4.78, 5) is 13.9. The molecule has 0 saturated carbocycles. The molecule has 0 rings (SSSR count). The van der Waals surface area contributed by atoms with Crippen LogP contribution < -0.4 is 5.32 Å². The number of hydrogen-bond acceptors (Lipinski definition) is 5. The Balaban J connectivity index is 4.23. The quantitative estimate of drug-likeness (QED) is 0.569. The van der Waals surface area contributed by atoms with Gasteiger partial charge in [-0.1, -0.05) is 13.8 Å². The lowest BCUT2D eigenvalue weighted by Gasteiger charge is -2.25. The van der Waals surface area contributed by atoms with E-state index in [4.69, 9.17) is 9.47 Å². The number of esters is 1. The Morgan fingerprint density at radius 2 is 2.06 bits per heavy atom. The summed E-state index contributed by atoms with van der Waals surface area (Å²) in [7, 11) is 1.68. The van der Waals surface area contributed by atoms with Gasteiger partial charge >= 0.3 is 5.97 Å². The minimum Gasteiger partial charge on any atom is -0.465 e. The average molecular weight is 246 g/mol. The van der Waals surface area contributed by atoms with Crippen molar-refractivity contribution in [1.82, 2.24) is 10.2 Å². The Morgan fingerprint density at radius 3 is 2.53 bits per heavy atom. The first-order chi connectivity index (χ1) is 8.19. The van der Waals surface area contributed by atoms with E-state index < -0.39 is 0 Å². The molecule has 0 aliphatic heterocycles. The largest absolute Gasteiger partial charge is 0.465 e. The highest BCUT2D eigenvalue weighted by Crippen LogP contribution is 1.96. The van der Waals surface area contributed by atoms with Crippen LogP contribution in [0.15, 0.2) is 0 Å². The molecule has 17 heavy (non-hydrogen) atoms. The molecule has 0 amide bonds. The Hall–Kier alpha value is -0.650. The van der Waals surface area contributed by atoms with Crippen LogP contribution >= 0.6 is 0 Å². The zero-order valence-corrected chi connectivity index (χ0v) is 11.5. The number of hydrogen-bond donors (Lipinski definition) is 1. The molecular formula is C12H26N2O3. The zero-order chi connectivity index (χ0) is 13.1. The van der Waals surface area contributed by atoms with Crippen LogP contribution in [0, 0.1) is 0 Å². The summed E-state index contributed by atoms with van der Waals surface area (Å²) in [5.41, 5.74) is 0. The number of ether oxygens (including phenoxy) is 2. The van der Waals surface area contributed by atoms with Gasteiger partial charge in [-0.15, -0.1) is 0 Å². The molecule has 0 radical (unpaired) electrons. The number of carbonyl (C=O) groups is 1. The van der Waals surface area contributed by atoms with Crippen molar-refractivity contribution in [3.05, 3.63) is 0 Å². The van der Waals surface area contributed by atoms with Crippen molar-refractivity contribution < 1.29 is 14.3 Å². The molecule has 0 aromatic carbocycles. The first-order valence-corrected chi connectivity index (χ1v) is 6.30. The highest BCUT2D eigenvalue weighted by molar-refractivity contribution is 5.76. The number of nitrogens with zero attached hydrogens (tertiary/aromatic N) is 1. The van der Waals surface area contributed by atoms with Gasteiger partial charge in [-0.3, -0.25) is 9.69 Å². The summed E-state index contributed by atoms with van der Waals surface area (Å²) >= 11 is 0.